The van der Waals surface area contributed by atoms with Gasteiger partial charge in [-0.05, 0) is 13.0 Å². The highest BCUT2D eigenvalue weighted by Crippen LogP contribution is 2.13. The highest BCUT2D eigenvalue weighted by Gasteiger charge is 2.23. The number of aryl methyl sites for hydroxylation is 1. The van der Waals surface area contributed by atoms with E-state index in [0.29, 0.717) is 43.4 Å². The van der Waals surface area contributed by atoms with Gasteiger partial charge in [-0.25, -0.2) is 14.4 Å². The van der Waals surface area contributed by atoms with Crippen LogP contribution in [-0.2, 0) is 11.3 Å². The predicted octanol–water partition coefficient (Wildman–Crippen LogP) is 1.45. The van der Waals surface area contributed by atoms with E-state index in [1.807, 2.05) is 0 Å². The van der Waals surface area contributed by atoms with Crippen LogP contribution in [0.5, 0.6) is 0 Å². The van der Waals surface area contributed by atoms with Gasteiger partial charge in [-0.15, -0.1) is 0 Å². The zero-order valence-corrected chi connectivity index (χ0v) is 14.5. The topological polar surface area (TPSA) is 78.4 Å². The molecule has 1 fully saturated rings. The number of aromatic nitrogens is 2. The average molecular weight is 357 g/mol. The van der Waals surface area contributed by atoms with E-state index in [4.69, 9.17) is 0 Å². The third kappa shape index (κ3) is 4.14. The van der Waals surface area contributed by atoms with Gasteiger partial charge in [-0.2, -0.15) is 0 Å². The molecule has 0 atom stereocenters. The first-order valence-corrected chi connectivity index (χ1v) is 8.38. The lowest BCUT2D eigenvalue weighted by Gasteiger charge is -2.32. The minimum atomic E-state index is -0.296. The van der Waals surface area contributed by atoms with Crippen LogP contribution in [-0.4, -0.2) is 58.3 Å². The van der Waals surface area contributed by atoms with Crippen molar-refractivity contribution >= 4 is 18.1 Å². The summed E-state index contributed by atoms with van der Waals surface area (Å²) in [6.45, 7) is 3.93. The number of halogens is 1. The average Bonchev–Trinajstić information content (AvgIpc) is 2.66. The zero-order valence-electron chi connectivity index (χ0n) is 14.5. The summed E-state index contributed by atoms with van der Waals surface area (Å²) in [5.74, 6) is 0.430. The number of hydrogen-bond donors (Lipinski definition) is 1. The van der Waals surface area contributed by atoms with Crippen molar-refractivity contribution in [1.29, 1.82) is 0 Å². The van der Waals surface area contributed by atoms with Gasteiger partial charge in [0.15, 0.2) is 0 Å². The van der Waals surface area contributed by atoms with E-state index in [1.165, 1.54) is 6.07 Å². The summed E-state index contributed by atoms with van der Waals surface area (Å²) < 4.78 is 13.7. The van der Waals surface area contributed by atoms with Gasteiger partial charge in [0.25, 0.3) is 5.91 Å². The van der Waals surface area contributed by atoms with E-state index in [0.717, 1.165) is 6.41 Å². The maximum absolute atomic E-state index is 13.7. The van der Waals surface area contributed by atoms with Crippen LogP contribution in [0.1, 0.15) is 21.9 Å². The quantitative estimate of drug-likeness (QED) is 0.820. The summed E-state index contributed by atoms with van der Waals surface area (Å²) in [6, 6.07) is 8.06. The molecule has 0 spiro atoms. The molecule has 1 aliphatic rings. The first-order chi connectivity index (χ1) is 12.6. The minimum absolute atomic E-state index is 0.199. The molecule has 3 rings (SSSR count). The second-order valence-corrected chi connectivity index (χ2v) is 6.06. The molecule has 136 valence electrons. The second kappa shape index (κ2) is 7.90. The monoisotopic (exact) mass is 357 g/mol. The van der Waals surface area contributed by atoms with Gasteiger partial charge in [-0.1, -0.05) is 18.2 Å². The van der Waals surface area contributed by atoms with Crippen molar-refractivity contribution < 1.29 is 14.0 Å². The summed E-state index contributed by atoms with van der Waals surface area (Å²) in [7, 11) is 0. The predicted molar refractivity (Wildman–Crippen MR) is 94.0 cm³/mol. The normalized spacial score (nSPS) is 14.2. The number of carbonyl (C=O) groups excluding carboxylic acids is 2. The molecule has 0 radical (unpaired) electrons. The van der Waals surface area contributed by atoms with Crippen molar-refractivity contribution in [2.24, 2.45) is 0 Å². The first-order valence-electron chi connectivity index (χ1n) is 8.38. The number of nitrogens with one attached hydrogen (secondary N) is 1. The van der Waals surface area contributed by atoms with E-state index in [-0.39, 0.29) is 24.0 Å². The van der Waals surface area contributed by atoms with Crippen LogP contribution in [0.3, 0.4) is 0 Å². The molecule has 0 unspecified atom stereocenters. The fourth-order valence-electron chi connectivity index (χ4n) is 2.79. The molecular weight excluding hydrogens is 337 g/mol. The van der Waals surface area contributed by atoms with E-state index >= 15 is 0 Å². The summed E-state index contributed by atoms with van der Waals surface area (Å²) in [4.78, 5) is 35.2. The number of piperazine rings is 1. The molecule has 1 saturated heterocycles. The van der Waals surface area contributed by atoms with Crippen molar-refractivity contribution in [2.45, 2.75) is 13.5 Å². The van der Waals surface area contributed by atoms with Crippen molar-refractivity contribution in [2.75, 3.05) is 31.5 Å². The van der Waals surface area contributed by atoms with E-state index in [2.05, 4.69) is 15.3 Å². The van der Waals surface area contributed by atoms with E-state index in [9.17, 15) is 14.0 Å². The lowest BCUT2D eigenvalue weighted by molar-refractivity contribution is -0.119. The van der Waals surface area contributed by atoms with Crippen LogP contribution in [0.25, 0.3) is 0 Å². The number of carbonyl (C=O) groups is 2. The molecule has 1 aromatic carbocycles. The number of benzene rings is 1. The Morgan fingerprint density at radius 1 is 1.23 bits per heavy atom. The third-order valence-corrected chi connectivity index (χ3v) is 4.23. The third-order valence-electron chi connectivity index (χ3n) is 4.23. The summed E-state index contributed by atoms with van der Waals surface area (Å²) in [5.41, 5.74) is 0.801. The van der Waals surface area contributed by atoms with Crippen molar-refractivity contribution in [3.8, 4) is 0 Å². The molecule has 8 heteroatoms. The van der Waals surface area contributed by atoms with Gasteiger partial charge in [-0.3, -0.25) is 9.59 Å². The van der Waals surface area contributed by atoms with Crippen molar-refractivity contribution in [3.05, 3.63) is 53.2 Å². The number of anilines is 1. The zero-order chi connectivity index (χ0) is 18.5. The molecule has 1 aliphatic heterocycles. The Hall–Kier alpha value is -3.03. The molecule has 0 saturated carbocycles. The smallest absolute Gasteiger partial charge is 0.272 e. The van der Waals surface area contributed by atoms with Crippen LogP contribution >= 0.6 is 0 Å². The molecule has 2 aromatic rings. The molecule has 26 heavy (non-hydrogen) atoms. The van der Waals surface area contributed by atoms with Gasteiger partial charge in [0, 0.05) is 44.4 Å². The Bertz CT molecular complexity index is 806. The number of rotatable bonds is 5. The number of amides is 2. The molecule has 7 nitrogen and oxygen atoms in total. The highest BCUT2D eigenvalue weighted by molar-refractivity contribution is 5.93. The van der Waals surface area contributed by atoms with Gasteiger partial charge >= 0.3 is 0 Å². The Balaban J connectivity index is 1.70. The second-order valence-electron chi connectivity index (χ2n) is 6.06. The highest BCUT2D eigenvalue weighted by atomic mass is 19.1. The summed E-state index contributed by atoms with van der Waals surface area (Å²) in [6.07, 6.45) is 0.793. The SMILES string of the molecule is Cc1nc(NCc2ccccc2F)cc(C(=O)N2CCN(C=O)CC2)n1. The Morgan fingerprint density at radius 2 is 1.96 bits per heavy atom. The summed E-state index contributed by atoms with van der Waals surface area (Å²) in [5, 5.41) is 3.04. The van der Waals surface area contributed by atoms with Gasteiger partial charge < -0.3 is 15.1 Å². The molecule has 2 amide bonds. The lowest BCUT2D eigenvalue weighted by Crippen LogP contribution is -2.48. The Morgan fingerprint density at radius 3 is 2.65 bits per heavy atom. The van der Waals surface area contributed by atoms with Crippen LogP contribution in [0.15, 0.2) is 30.3 Å². The first kappa shape index (κ1) is 17.8. The maximum atomic E-state index is 13.7. The minimum Gasteiger partial charge on any atom is -0.366 e. The largest absolute Gasteiger partial charge is 0.366 e. The molecule has 0 bridgehead atoms. The Labute approximate surface area is 150 Å². The van der Waals surface area contributed by atoms with Crippen LogP contribution in [0.2, 0.25) is 0 Å². The van der Waals surface area contributed by atoms with Crippen LogP contribution < -0.4 is 5.32 Å². The molecular formula is C18H20FN5O2. The van der Waals surface area contributed by atoms with Crippen LogP contribution in [0.4, 0.5) is 10.2 Å². The van der Waals surface area contributed by atoms with E-state index in [1.54, 1.807) is 41.0 Å². The number of nitrogens with zero attached hydrogens (tertiary/aromatic N) is 4. The van der Waals surface area contributed by atoms with E-state index < -0.39 is 0 Å². The lowest BCUT2D eigenvalue weighted by atomic mass is 10.2. The summed E-state index contributed by atoms with van der Waals surface area (Å²) >= 11 is 0. The van der Waals surface area contributed by atoms with Crippen LogP contribution in [0, 0.1) is 12.7 Å². The van der Waals surface area contributed by atoms with Gasteiger partial charge in [0.05, 0.1) is 0 Å². The molecule has 0 aliphatic carbocycles. The van der Waals surface area contributed by atoms with Crippen molar-refractivity contribution in [1.82, 2.24) is 19.8 Å². The fourth-order valence-corrected chi connectivity index (χ4v) is 2.79. The fraction of sp³-hybridized carbons (Fsp3) is 0.333. The van der Waals surface area contributed by atoms with Gasteiger partial charge in [0.2, 0.25) is 6.41 Å². The number of hydrogen-bond acceptors (Lipinski definition) is 5. The molecule has 1 N–H and O–H groups in total. The standard InChI is InChI=1S/C18H20FN5O2/c1-13-21-16(18(26)24-8-6-23(12-25)7-9-24)10-17(22-13)20-11-14-4-2-3-5-15(14)19/h2-5,10,12H,6-9,11H2,1H3,(H,20,21,22). The molecule has 1 aromatic heterocycles. The van der Waals surface area contributed by atoms with Crippen molar-refractivity contribution in [3.63, 3.8) is 0 Å². The maximum Gasteiger partial charge on any atom is 0.272 e. The van der Waals surface area contributed by atoms with Gasteiger partial charge in [0.1, 0.15) is 23.2 Å². The Kier molecular flexibility index (Phi) is 5.40. The molecule has 2 heterocycles.